The van der Waals surface area contributed by atoms with Crippen LogP contribution in [0.3, 0.4) is 0 Å². The van der Waals surface area contributed by atoms with Gasteiger partial charge in [0.05, 0.1) is 7.11 Å². The SMILES string of the molecule is COC(=O)C1C(=O)CCCCC1C1C=CC(=O)O1. The van der Waals surface area contributed by atoms with E-state index in [0.29, 0.717) is 12.8 Å². The summed E-state index contributed by atoms with van der Waals surface area (Å²) in [5.74, 6) is -2.16. The van der Waals surface area contributed by atoms with Gasteiger partial charge in [-0.15, -0.1) is 0 Å². The van der Waals surface area contributed by atoms with E-state index in [1.54, 1.807) is 6.08 Å². The molecule has 5 heteroatoms. The van der Waals surface area contributed by atoms with Crippen LogP contribution in [0, 0.1) is 11.8 Å². The number of hydrogen-bond acceptors (Lipinski definition) is 5. The third kappa shape index (κ3) is 2.44. The standard InChI is InChI=1S/C13H16O5/c1-17-13(16)12-8(4-2-3-5-9(12)14)10-6-7-11(15)18-10/h6-8,10,12H,2-5H2,1H3. The maximum atomic E-state index is 12.0. The molecule has 1 aliphatic carbocycles. The summed E-state index contributed by atoms with van der Waals surface area (Å²) >= 11 is 0. The molecule has 1 saturated carbocycles. The molecule has 0 aromatic carbocycles. The lowest BCUT2D eigenvalue weighted by atomic mass is 9.83. The normalized spacial score (nSPS) is 31.9. The number of cyclic esters (lactones) is 1. The van der Waals surface area contributed by atoms with Crippen molar-refractivity contribution in [2.75, 3.05) is 7.11 Å². The molecule has 98 valence electrons. The molecule has 0 spiro atoms. The van der Waals surface area contributed by atoms with Gasteiger partial charge in [0.25, 0.3) is 0 Å². The van der Waals surface area contributed by atoms with Crippen LogP contribution in [0.15, 0.2) is 12.2 Å². The Labute approximate surface area is 105 Å². The highest BCUT2D eigenvalue weighted by Gasteiger charge is 2.42. The largest absolute Gasteiger partial charge is 0.468 e. The maximum Gasteiger partial charge on any atom is 0.331 e. The van der Waals surface area contributed by atoms with E-state index in [1.165, 1.54) is 13.2 Å². The summed E-state index contributed by atoms with van der Waals surface area (Å²) in [6.07, 6.45) is 5.19. The van der Waals surface area contributed by atoms with Crippen molar-refractivity contribution in [2.24, 2.45) is 11.8 Å². The van der Waals surface area contributed by atoms with E-state index in [9.17, 15) is 14.4 Å². The van der Waals surface area contributed by atoms with E-state index < -0.39 is 24.0 Å². The van der Waals surface area contributed by atoms with E-state index in [-0.39, 0.29) is 11.7 Å². The summed E-state index contributed by atoms with van der Waals surface area (Å²) in [5, 5.41) is 0. The molecule has 5 nitrogen and oxygen atoms in total. The molecule has 1 fully saturated rings. The Morgan fingerprint density at radius 1 is 1.39 bits per heavy atom. The third-order valence-corrected chi connectivity index (χ3v) is 3.54. The molecule has 3 atom stereocenters. The Morgan fingerprint density at radius 2 is 2.17 bits per heavy atom. The van der Waals surface area contributed by atoms with Gasteiger partial charge in [-0.25, -0.2) is 4.79 Å². The minimum absolute atomic E-state index is 0.110. The monoisotopic (exact) mass is 252 g/mol. The Bertz CT molecular complexity index is 398. The zero-order valence-electron chi connectivity index (χ0n) is 10.3. The van der Waals surface area contributed by atoms with Gasteiger partial charge in [0.2, 0.25) is 0 Å². The zero-order chi connectivity index (χ0) is 13.1. The summed E-state index contributed by atoms with van der Waals surface area (Å²) < 4.78 is 9.83. The average molecular weight is 252 g/mol. The third-order valence-electron chi connectivity index (χ3n) is 3.54. The van der Waals surface area contributed by atoms with Gasteiger partial charge in [0, 0.05) is 18.4 Å². The van der Waals surface area contributed by atoms with Crippen molar-refractivity contribution in [1.29, 1.82) is 0 Å². The van der Waals surface area contributed by atoms with Crippen LogP contribution in [0.5, 0.6) is 0 Å². The quantitative estimate of drug-likeness (QED) is 0.417. The number of carbonyl (C=O) groups is 3. The van der Waals surface area contributed by atoms with Gasteiger partial charge in [-0.1, -0.05) is 6.42 Å². The van der Waals surface area contributed by atoms with Crippen molar-refractivity contribution in [3.05, 3.63) is 12.2 Å². The van der Waals surface area contributed by atoms with Crippen LogP contribution >= 0.6 is 0 Å². The summed E-state index contributed by atoms with van der Waals surface area (Å²) in [4.78, 5) is 34.9. The van der Waals surface area contributed by atoms with Crippen LogP contribution in [0.1, 0.15) is 25.7 Å². The Kier molecular flexibility index (Phi) is 3.79. The van der Waals surface area contributed by atoms with Crippen molar-refractivity contribution in [3.8, 4) is 0 Å². The Morgan fingerprint density at radius 3 is 2.78 bits per heavy atom. The minimum Gasteiger partial charge on any atom is -0.468 e. The molecule has 0 radical (unpaired) electrons. The van der Waals surface area contributed by atoms with E-state index in [2.05, 4.69) is 0 Å². The molecule has 2 rings (SSSR count). The van der Waals surface area contributed by atoms with Crippen LogP contribution in [0.2, 0.25) is 0 Å². The molecule has 0 aromatic heterocycles. The predicted molar refractivity (Wildman–Crippen MR) is 61.5 cm³/mol. The second-order valence-electron chi connectivity index (χ2n) is 4.64. The number of esters is 2. The first-order valence-corrected chi connectivity index (χ1v) is 6.13. The van der Waals surface area contributed by atoms with Crippen molar-refractivity contribution in [2.45, 2.75) is 31.8 Å². The van der Waals surface area contributed by atoms with Crippen LogP contribution < -0.4 is 0 Å². The molecule has 2 aliphatic rings. The highest BCUT2D eigenvalue weighted by Crippen LogP contribution is 2.33. The van der Waals surface area contributed by atoms with E-state index >= 15 is 0 Å². The number of hydrogen-bond donors (Lipinski definition) is 0. The summed E-state index contributed by atoms with van der Waals surface area (Å²) in [6, 6.07) is 0. The molecule has 1 heterocycles. The second kappa shape index (κ2) is 5.33. The Hall–Kier alpha value is -1.65. The van der Waals surface area contributed by atoms with Gasteiger partial charge in [-0.2, -0.15) is 0 Å². The molecule has 0 saturated heterocycles. The molecule has 1 aliphatic heterocycles. The smallest absolute Gasteiger partial charge is 0.331 e. The number of carbonyl (C=O) groups excluding carboxylic acids is 3. The summed E-state index contributed by atoms with van der Waals surface area (Å²) in [5.41, 5.74) is 0. The van der Waals surface area contributed by atoms with Crippen LogP contribution in [-0.4, -0.2) is 30.9 Å². The molecular weight excluding hydrogens is 236 g/mol. The van der Waals surface area contributed by atoms with Gasteiger partial charge in [0.15, 0.2) is 0 Å². The first kappa shape index (κ1) is 12.8. The van der Waals surface area contributed by atoms with Gasteiger partial charge in [-0.3, -0.25) is 9.59 Å². The van der Waals surface area contributed by atoms with Gasteiger partial charge < -0.3 is 9.47 Å². The van der Waals surface area contributed by atoms with Crippen molar-refractivity contribution in [1.82, 2.24) is 0 Å². The van der Waals surface area contributed by atoms with Crippen LogP contribution in [0.25, 0.3) is 0 Å². The fraction of sp³-hybridized carbons (Fsp3) is 0.615. The average Bonchev–Trinajstić information content (AvgIpc) is 2.68. The highest BCUT2D eigenvalue weighted by atomic mass is 16.5. The molecule has 18 heavy (non-hydrogen) atoms. The van der Waals surface area contributed by atoms with Gasteiger partial charge in [-0.05, 0) is 18.9 Å². The lowest BCUT2D eigenvalue weighted by molar-refractivity contribution is -0.156. The molecule has 0 amide bonds. The lowest BCUT2D eigenvalue weighted by Gasteiger charge is -2.25. The summed E-state index contributed by atoms with van der Waals surface area (Å²) in [7, 11) is 1.27. The highest BCUT2D eigenvalue weighted by molar-refractivity contribution is 5.99. The van der Waals surface area contributed by atoms with Gasteiger partial charge >= 0.3 is 11.9 Å². The fourth-order valence-corrected chi connectivity index (χ4v) is 2.64. The van der Waals surface area contributed by atoms with Crippen molar-refractivity contribution >= 4 is 17.7 Å². The summed E-state index contributed by atoms with van der Waals surface area (Å²) in [6.45, 7) is 0. The fourth-order valence-electron chi connectivity index (χ4n) is 2.64. The predicted octanol–water partition coefficient (Wildman–Crippen LogP) is 1.02. The zero-order valence-corrected chi connectivity index (χ0v) is 10.3. The first-order valence-electron chi connectivity index (χ1n) is 6.13. The molecule has 0 aromatic rings. The number of methoxy groups -OCH3 is 1. The molecule has 0 N–H and O–H groups in total. The topological polar surface area (TPSA) is 69.7 Å². The minimum atomic E-state index is -0.807. The molecule has 3 unspecified atom stereocenters. The Balaban J connectivity index is 2.22. The number of rotatable bonds is 2. The lowest BCUT2D eigenvalue weighted by Crippen LogP contribution is -2.37. The number of Topliss-reactive ketones (excluding diaryl/α,β-unsaturated/α-hetero) is 1. The van der Waals surface area contributed by atoms with Crippen molar-refractivity contribution < 1.29 is 23.9 Å². The van der Waals surface area contributed by atoms with Gasteiger partial charge in [0.1, 0.15) is 17.8 Å². The van der Waals surface area contributed by atoms with E-state index in [0.717, 1.165) is 12.8 Å². The van der Waals surface area contributed by atoms with E-state index in [1.807, 2.05) is 0 Å². The number of ether oxygens (including phenoxy) is 2. The maximum absolute atomic E-state index is 12.0. The second-order valence-corrected chi connectivity index (χ2v) is 4.64. The van der Waals surface area contributed by atoms with E-state index in [4.69, 9.17) is 9.47 Å². The number of ketones is 1. The molecular formula is C13H16O5. The van der Waals surface area contributed by atoms with Crippen LogP contribution in [0.4, 0.5) is 0 Å². The molecule has 0 bridgehead atoms. The first-order chi connectivity index (χ1) is 8.63. The van der Waals surface area contributed by atoms with Crippen molar-refractivity contribution in [3.63, 3.8) is 0 Å². The van der Waals surface area contributed by atoms with Crippen LogP contribution in [-0.2, 0) is 23.9 Å².